The van der Waals surface area contributed by atoms with Crippen LogP contribution in [0.1, 0.15) is 82.3 Å². The number of aryl methyl sites for hydroxylation is 1. The fraction of sp³-hybridized carbons (Fsp3) is 0.533. The van der Waals surface area contributed by atoms with Crippen molar-refractivity contribution in [2.45, 2.75) is 89.9 Å². The van der Waals surface area contributed by atoms with Gasteiger partial charge in [-0.2, -0.15) is 5.10 Å². The molecule has 1 saturated carbocycles. The minimum absolute atomic E-state index is 0.0778. The summed E-state index contributed by atoms with van der Waals surface area (Å²) < 4.78 is 1.79. The fourth-order valence-corrected chi connectivity index (χ4v) is 6.35. The molecule has 4 unspecified atom stereocenters. The Bertz CT molecular complexity index is 1320. The van der Waals surface area contributed by atoms with Crippen LogP contribution in [-0.2, 0) is 15.0 Å². The van der Waals surface area contributed by atoms with Gasteiger partial charge in [-0.3, -0.25) is 14.3 Å². The predicted molar refractivity (Wildman–Crippen MR) is 152 cm³/mol. The zero-order valence-electron chi connectivity index (χ0n) is 23.4. The first kappa shape index (κ1) is 27.5. The second kappa shape index (κ2) is 10.8. The molecule has 208 valence electrons. The van der Waals surface area contributed by atoms with Crippen LogP contribution in [0.3, 0.4) is 0 Å². The van der Waals surface area contributed by atoms with Crippen molar-refractivity contribution < 1.29 is 14.7 Å². The number of hydrogen-bond donors (Lipinski definition) is 2. The van der Waals surface area contributed by atoms with E-state index in [-0.39, 0.29) is 42.2 Å². The van der Waals surface area contributed by atoms with E-state index in [0.717, 1.165) is 46.5 Å². The largest absolute Gasteiger partial charge is 0.391 e. The van der Waals surface area contributed by atoms with Crippen LogP contribution in [0.15, 0.2) is 42.2 Å². The Hall–Kier alpha value is -3.04. The lowest BCUT2D eigenvalue weighted by Crippen LogP contribution is -2.50. The third-order valence-electron chi connectivity index (χ3n) is 8.24. The Morgan fingerprint density at radius 2 is 1.90 bits per heavy atom. The van der Waals surface area contributed by atoms with Crippen molar-refractivity contribution in [1.82, 2.24) is 25.0 Å². The van der Waals surface area contributed by atoms with Gasteiger partial charge < -0.3 is 15.3 Å². The van der Waals surface area contributed by atoms with Gasteiger partial charge in [-0.15, -0.1) is 11.3 Å². The number of rotatable bonds is 7. The van der Waals surface area contributed by atoms with Crippen LogP contribution in [0, 0.1) is 12.8 Å². The molecule has 9 heteroatoms. The highest BCUT2D eigenvalue weighted by molar-refractivity contribution is 7.13. The van der Waals surface area contributed by atoms with Crippen molar-refractivity contribution >= 4 is 23.2 Å². The van der Waals surface area contributed by atoms with Crippen molar-refractivity contribution in [2.75, 3.05) is 6.54 Å². The molecule has 8 nitrogen and oxygen atoms in total. The molecule has 2 fully saturated rings. The van der Waals surface area contributed by atoms with Crippen molar-refractivity contribution in [2.24, 2.45) is 5.92 Å². The van der Waals surface area contributed by atoms with E-state index in [0.29, 0.717) is 0 Å². The van der Waals surface area contributed by atoms with Gasteiger partial charge in [0.15, 0.2) is 0 Å². The quantitative estimate of drug-likeness (QED) is 0.441. The van der Waals surface area contributed by atoms with Crippen LogP contribution >= 0.6 is 11.3 Å². The number of β-amino-alcohol motifs (C(OH)–C–C–N with tert-alkyl or cyclic N) is 1. The van der Waals surface area contributed by atoms with Gasteiger partial charge in [-0.25, -0.2) is 4.98 Å². The summed E-state index contributed by atoms with van der Waals surface area (Å²) >= 11 is 1.61. The topological polar surface area (TPSA) is 100 Å². The number of aliphatic hydroxyl groups excluding tert-OH is 1. The Kier molecular flexibility index (Phi) is 7.66. The molecule has 1 aliphatic heterocycles. The van der Waals surface area contributed by atoms with E-state index in [2.05, 4.69) is 36.2 Å². The first-order valence-electron chi connectivity index (χ1n) is 13.9. The Morgan fingerprint density at radius 1 is 1.18 bits per heavy atom. The molecule has 0 bridgehead atoms. The van der Waals surface area contributed by atoms with Gasteiger partial charge in [0.2, 0.25) is 11.8 Å². The molecule has 3 aromatic rings. The molecule has 1 aliphatic carbocycles. The molecule has 3 heterocycles. The van der Waals surface area contributed by atoms with E-state index in [9.17, 15) is 14.7 Å². The summed E-state index contributed by atoms with van der Waals surface area (Å²) in [4.78, 5) is 34.5. The molecule has 2 aliphatic rings. The van der Waals surface area contributed by atoms with Crippen LogP contribution in [0.5, 0.6) is 0 Å². The zero-order valence-corrected chi connectivity index (χ0v) is 24.2. The molecule has 1 aromatic carbocycles. The average Bonchev–Trinajstić information content (AvgIpc) is 3.60. The maximum absolute atomic E-state index is 14.0. The first-order valence-corrected chi connectivity index (χ1v) is 14.7. The van der Waals surface area contributed by atoms with Gasteiger partial charge in [0, 0.05) is 19.2 Å². The van der Waals surface area contributed by atoms with Crippen LogP contribution in [0.25, 0.3) is 10.4 Å². The standard InChI is InChI=1S/C30H39N5O3S/c1-18(20-9-11-22(12-10-20)27-19(2)31-17-39-27)33-28(37)25-13-24(36)16-34(25)29(38)26(21-7-6-8-21)35-15-23(14-32-35)30(3,4)5/h9-12,14-15,17-18,21,24-26,36H,6-8,13,16H2,1-5H3,(H,33,37). The van der Waals surface area contributed by atoms with Gasteiger partial charge >= 0.3 is 0 Å². The van der Waals surface area contributed by atoms with Gasteiger partial charge in [0.05, 0.1) is 34.4 Å². The number of carbonyl (C=O) groups excluding carboxylic acids is 2. The Balaban J connectivity index is 1.31. The number of nitrogens with one attached hydrogen (secondary N) is 1. The molecule has 4 atom stereocenters. The van der Waals surface area contributed by atoms with Gasteiger partial charge in [0.1, 0.15) is 12.1 Å². The predicted octanol–water partition coefficient (Wildman–Crippen LogP) is 4.79. The third-order valence-corrected chi connectivity index (χ3v) is 9.22. The van der Waals surface area contributed by atoms with E-state index in [1.807, 2.05) is 56.0 Å². The van der Waals surface area contributed by atoms with Crippen LogP contribution in [0.4, 0.5) is 0 Å². The average molecular weight is 550 g/mol. The van der Waals surface area contributed by atoms with E-state index in [1.165, 1.54) is 0 Å². The summed E-state index contributed by atoms with van der Waals surface area (Å²) in [5.41, 5.74) is 5.92. The summed E-state index contributed by atoms with van der Waals surface area (Å²) in [6.45, 7) is 10.5. The normalized spacial score (nSPS) is 21.4. The molecule has 39 heavy (non-hydrogen) atoms. The van der Waals surface area contributed by atoms with E-state index < -0.39 is 18.2 Å². The van der Waals surface area contributed by atoms with Gasteiger partial charge in [0.25, 0.3) is 0 Å². The lowest BCUT2D eigenvalue weighted by Gasteiger charge is -2.36. The molecule has 2 N–H and O–H groups in total. The smallest absolute Gasteiger partial charge is 0.248 e. The summed E-state index contributed by atoms with van der Waals surface area (Å²) in [5.74, 6) is -0.179. The SMILES string of the molecule is Cc1ncsc1-c1ccc(C(C)NC(=O)C2CC(O)CN2C(=O)C(C2CCC2)n2cc(C(C)(C)C)cn2)cc1. The lowest BCUT2D eigenvalue weighted by molar-refractivity contribution is -0.143. The number of amides is 2. The third kappa shape index (κ3) is 5.65. The monoisotopic (exact) mass is 549 g/mol. The van der Waals surface area contributed by atoms with Crippen molar-refractivity contribution in [1.29, 1.82) is 0 Å². The summed E-state index contributed by atoms with van der Waals surface area (Å²) in [7, 11) is 0. The van der Waals surface area contributed by atoms with Gasteiger partial charge in [-0.05, 0) is 54.7 Å². The van der Waals surface area contributed by atoms with Crippen molar-refractivity contribution in [3.63, 3.8) is 0 Å². The second-order valence-electron chi connectivity index (χ2n) is 12.1. The van der Waals surface area contributed by atoms with E-state index in [4.69, 9.17) is 0 Å². The number of aromatic nitrogens is 3. The highest BCUT2D eigenvalue weighted by atomic mass is 32.1. The molecule has 2 aromatic heterocycles. The molecular weight excluding hydrogens is 510 g/mol. The number of benzene rings is 1. The number of nitrogens with zero attached hydrogens (tertiary/aromatic N) is 4. The molecule has 2 amide bonds. The highest BCUT2D eigenvalue weighted by Gasteiger charge is 2.45. The fourth-order valence-electron chi connectivity index (χ4n) is 5.53. The molecule has 5 rings (SSSR count). The van der Waals surface area contributed by atoms with Crippen LogP contribution < -0.4 is 5.32 Å². The summed E-state index contributed by atoms with van der Waals surface area (Å²) in [5, 5.41) is 18.2. The van der Waals surface area contributed by atoms with E-state index >= 15 is 0 Å². The molecule has 0 radical (unpaired) electrons. The number of thiazole rings is 1. The van der Waals surface area contributed by atoms with E-state index in [1.54, 1.807) is 20.9 Å². The van der Waals surface area contributed by atoms with Crippen LogP contribution in [0.2, 0.25) is 0 Å². The zero-order chi connectivity index (χ0) is 27.9. The molecule has 1 saturated heterocycles. The van der Waals surface area contributed by atoms with Crippen LogP contribution in [-0.4, -0.2) is 55.3 Å². The Labute approximate surface area is 234 Å². The number of aliphatic hydroxyl groups is 1. The first-order chi connectivity index (χ1) is 18.5. The van der Waals surface area contributed by atoms with Gasteiger partial charge in [-0.1, -0.05) is 51.5 Å². The highest BCUT2D eigenvalue weighted by Crippen LogP contribution is 2.39. The number of likely N-dealkylation sites (tertiary alicyclic amines) is 1. The summed E-state index contributed by atoms with van der Waals surface area (Å²) in [6.07, 6.45) is 6.33. The summed E-state index contributed by atoms with van der Waals surface area (Å²) in [6, 6.07) is 6.71. The minimum atomic E-state index is -0.730. The van der Waals surface area contributed by atoms with Crippen molar-refractivity contribution in [3.05, 3.63) is 59.0 Å². The number of carbonyl (C=O) groups is 2. The lowest BCUT2D eigenvalue weighted by atomic mass is 9.79. The second-order valence-corrected chi connectivity index (χ2v) is 13.0. The Morgan fingerprint density at radius 3 is 2.46 bits per heavy atom. The number of hydrogen-bond acceptors (Lipinski definition) is 6. The maximum atomic E-state index is 14.0. The molecular formula is C30H39N5O3S. The maximum Gasteiger partial charge on any atom is 0.248 e. The molecule has 0 spiro atoms. The van der Waals surface area contributed by atoms with Crippen molar-refractivity contribution in [3.8, 4) is 10.4 Å². The minimum Gasteiger partial charge on any atom is -0.391 e.